The first-order valence-electron chi connectivity index (χ1n) is 15.1. The Kier molecular flexibility index (Phi) is 9.13. The van der Waals surface area contributed by atoms with Gasteiger partial charge in [0.25, 0.3) is 0 Å². The van der Waals surface area contributed by atoms with Crippen LogP contribution in [-0.2, 0) is 22.8 Å². The Balaban J connectivity index is 1.59. The van der Waals surface area contributed by atoms with Crippen LogP contribution in [0.3, 0.4) is 0 Å². The van der Waals surface area contributed by atoms with Crippen molar-refractivity contribution in [3.05, 3.63) is 54.2 Å². The van der Waals surface area contributed by atoms with Crippen molar-refractivity contribution in [3.63, 3.8) is 0 Å². The fourth-order valence-electron chi connectivity index (χ4n) is 5.17. The Bertz CT molecular complexity index is 1780. The quantitative estimate of drug-likeness (QED) is 0.220. The van der Waals surface area contributed by atoms with Crippen LogP contribution in [0.2, 0.25) is 18.1 Å². The third-order valence-electron chi connectivity index (χ3n) is 8.84. The molecule has 0 bridgehead atoms. The van der Waals surface area contributed by atoms with Crippen molar-refractivity contribution in [1.82, 2.24) is 29.2 Å². The molecule has 5 rings (SSSR count). The summed E-state index contributed by atoms with van der Waals surface area (Å²) in [5, 5.41) is 4.35. The van der Waals surface area contributed by atoms with Crippen molar-refractivity contribution < 1.29 is 23.1 Å². The highest BCUT2D eigenvalue weighted by atomic mass is 28.4. The van der Waals surface area contributed by atoms with Crippen LogP contribution in [0.4, 0.5) is 10.1 Å². The van der Waals surface area contributed by atoms with Gasteiger partial charge in [0.1, 0.15) is 22.4 Å². The van der Waals surface area contributed by atoms with E-state index < -0.39 is 14.1 Å². The van der Waals surface area contributed by atoms with Gasteiger partial charge in [0.15, 0.2) is 25.5 Å². The van der Waals surface area contributed by atoms with E-state index in [1.54, 1.807) is 23.1 Å². The molecule has 4 aromatic rings. The summed E-state index contributed by atoms with van der Waals surface area (Å²) in [6.45, 7) is 12.4. The second kappa shape index (κ2) is 12.7. The Morgan fingerprint density at radius 3 is 2.58 bits per heavy atom. The summed E-state index contributed by atoms with van der Waals surface area (Å²) in [5.41, 5.74) is 3.15. The molecular formula is C32H42FN7O4Si. The van der Waals surface area contributed by atoms with Crippen LogP contribution in [0.5, 0.6) is 11.5 Å². The Labute approximate surface area is 263 Å². The predicted octanol–water partition coefficient (Wildman–Crippen LogP) is 5.23. The molecule has 3 aromatic heterocycles. The van der Waals surface area contributed by atoms with Gasteiger partial charge in [0, 0.05) is 50.5 Å². The minimum absolute atomic E-state index is 0.0217. The standard InChI is InChI=1S/C32H42FN7O4Si/c1-32(2,3)45(7,8)44-14-13-39-22(9-12-29(39)41)20-40-28(36-25-15-23(42-5)16-27(43-6)30(25)33)11-10-24-31(40)37-26(18-34-24)21-17-35-38(4)19-21/h10-11,15-19,22H,9,12-14,20H2,1-8H3. The maximum atomic E-state index is 15.5. The molecule has 4 heterocycles. The molecule has 1 aromatic carbocycles. The molecule has 1 amide bonds. The van der Waals surface area contributed by atoms with Gasteiger partial charge in [-0.1, -0.05) is 20.8 Å². The predicted molar refractivity (Wildman–Crippen MR) is 172 cm³/mol. The summed E-state index contributed by atoms with van der Waals surface area (Å²) in [6, 6.07) is 6.45. The number of hydrogen-bond donors (Lipinski definition) is 0. The van der Waals surface area contributed by atoms with Gasteiger partial charge < -0.3 is 23.4 Å². The third kappa shape index (κ3) is 6.78. The van der Waals surface area contributed by atoms with Gasteiger partial charge in [0.05, 0.1) is 45.0 Å². The highest BCUT2D eigenvalue weighted by Gasteiger charge is 2.38. The zero-order valence-corrected chi connectivity index (χ0v) is 28.3. The topological polar surface area (TPSA) is 109 Å². The first-order chi connectivity index (χ1) is 21.3. The highest BCUT2D eigenvalue weighted by molar-refractivity contribution is 6.74. The molecular weight excluding hydrogens is 593 g/mol. The molecule has 13 heteroatoms. The number of nitrogens with zero attached hydrogens (tertiary/aromatic N) is 7. The SMILES string of the molecule is COc1cc(N=c2ccc3ncc(-c4cnn(C)c4)nc3n2CC2CCC(=O)N2CCO[Si](C)(C)C(C)(C)C)c(F)c(OC)c1. The Morgan fingerprint density at radius 1 is 1.13 bits per heavy atom. The number of halogens is 1. The maximum Gasteiger partial charge on any atom is 0.223 e. The van der Waals surface area contributed by atoms with Gasteiger partial charge in [-0.05, 0) is 36.7 Å². The van der Waals surface area contributed by atoms with E-state index >= 15 is 4.39 Å². The lowest BCUT2D eigenvalue weighted by Crippen LogP contribution is -2.45. The molecule has 0 aliphatic carbocycles. The molecule has 240 valence electrons. The van der Waals surface area contributed by atoms with Crippen molar-refractivity contribution >= 4 is 31.1 Å². The molecule has 0 saturated carbocycles. The summed E-state index contributed by atoms with van der Waals surface area (Å²) in [7, 11) is 2.76. The smallest absolute Gasteiger partial charge is 0.223 e. The molecule has 11 nitrogen and oxygen atoms in total. The number of hydrogen-bond acceptors (Lipinski definition) is 8. The van der Waals surface area contributed by atoms with Crippen LogP contribution in [0, 0.1) is 5.82 Å². The van der Waals surface area contributed by atoms with Crippen molar-refractivity contribution in [2.24, 2.45) is 12.0 Å². The fourth-order valence-corrected chi connectivity index (χ4v) is 6.21. The van der Waals surface area contributed by atoms with Gasteiger partial charge in [-0.25, -0.2) is 14.4 Å². The van der Waals surface area contributed by atoms with E-state index in [9.17, 15) is 4.79 Å². The summed E-state index contributed by atoms with van der Waals surface area (Å²) in [5.74, 6) is -0.0925. The third-order valence-corrected chi connectivity index (χ3v) is 13.4. The van der Waals surface area contributed by atoms with Crippen LogP contribution in [0.1, 0.15) is 33.6 Å². The lowest BCUT2D eigenvalue weighted by molar-refractivity contribution is -0.129. The van der Waals surface area contributed by atoms with Crippen molar-refractivity contribution in [1.29, 1.82) is 0 Å². The van der Waals surface area contributed by atoms with Gasteiger partial charge in [-0.15, -0.1) is 0 Å². The van der Waals surface area contributed by atoms with Crippen LogP contribution in [0.25, 0.3) is 22.4 Å². The van der Waals surface area contributed by atoms with Gasteiger partial charge in [0.2, 0.25) is 5.91 Å². The summed E-state index contributed by atoms with van der Waals surface area (Å²) >= 11 is 0. The second-order valence-electron chi connectivity index (χ2n) is 12.8. The fraction of sp³-hybridized carbons (Fsp3) is 0.469. The highest BCUT2D eigenvalue weighted by Crippen LogP contribution is 2.37. The number of ether oxygens (including phenoxy) is 2. The van der Waals surface area contributed by atoms with Crippen LogP contribution in [0.15, 0.2) is 47.8 Å². The van der Waals surface area contributed by atoms with E-state index in [2.05, 4.69) is 43.9 Å². The van der Waals surface area contributed by atoms with Gasteiger partial charge in [-0.2, -0.15) is 5.10 Å². The van der Waals surface area contributed by atoms with Gasteiger partial charge >= 0.3 is 0 Å². The number of amides is 1. The van der Waals surface area contributed by atoms with E-state index in [0.717, 1.165) is 5.56 Å². The first kappa shape index (κ1) is 32.3. The monoisotopic (exact) mass is 635 g/mol. The summed E-state index contributed by atoms with van der Waals surface area (Å²) in [4.78, 5) is 29.4. The van der Waals surface area contributed by atoms with Crippen LogP contribution in [-0.4, -0.2) is 76.9 Å². The van der Waals surface area contributed by atoms with Gasteiger partial charge in [-0.3, -0.25) is 14.5 Å². The number of carbonyl (C=O) groups excluding carboxylic acids is 1. The molecule has 1 saturated heterocycles. The number of rotatable bonds is 10. The minimum Gasteiger partial charge on any atom is -0.497 e. The average Bonchev–Trinajstić information content (AvgIpc) is 3.59. The second-order valence-corrected chi connectivity index (χ2v) is 17.6. The molecule has 0 N–H and O–H groups in total. The number of pyridine rings is 1. The van der Waals surface area contributed by atoms with E-state index in [4.69, 9.17) is 23.9 Å². The van der Waals surface area contributed by atoms with Crippen molar-refractivity contribution in [3.8, 4) is 22.8 Å². The number of benzene rings is 1. The number of methoxy groups -OCH3 is 2. The number of aromatic nitrogens is 5. The molecule has 0 spiro atoms. The van der Waals surface area contributed by atoms with E-state index in [-0.39, 0.29) is 28.4 Å². The minimum atomic E-state index is -1.98. The zero-order chi connectivity index (χ0) is 32.5. The largest absolute Gasteiger partial charge is 0.497 e. The van der Waals surface area contributed by atoms with Crippen LogP contribution >= 0.6 is 0 Å². The number of aryl methyl sites for hydroxylation is 1. The average molecular weight is 636 g/mol. The lowest BCUT2D eigenvalue weighted by Gasteiger charge is -2.37. The zero-order valence-electron chi connectivity index (χ0n) is 27.3. The van der Waals surface area contributed by atoms with E-state index in [1.165, 1.54) is 26.4 Å². The first-order valence-corrected chi connectivity index (χ1v) is 18.0. The molecule has 1 aliphatic rings. The Hall–Kier alpha value is -4.10. The molecule has 1 unspecified atom stereocenters. The Morgan fingerprint density at radius 2 is 1.91 bits per heavy atom. The van der Waals surface area contributed by atoms with E-state index in [1.807, 2.05) is 28.8 Å². The number of fused-ring (bicyclic) bond motifs is 1. The summed E-state index contributed by atoms with van der Waals surface area (Å²) < 4.78 is 36.1. The maximum absolute atomic E-state index is 15.5. The molecule has 1 aliphatic heterocycles. The normalized spacial score (nSPS) is 16.2. The van der Waals surface area contributed by atoms with Crippen LogP contribution < -0.4 is 15.0 Å². The number of carbonyl (C=O) groups is 1. The van der Waals surface area contributed by atoms with Crippen molar-refractivity contribution in [2.75, 3.05) is 27.4 Å². The molecule has 45 heavy (non-hydrogen) atoms. The number of likely N-dealkylation sites (tertiary alicyclic amines) is 1. The molecule has 0 radical (unpaired) electrons. The van der Waals surface area contributed by atoms with E-state index in [0.29, 0.717) is 60.6 Å². The molecule has 1 fully saturated rings. The van der Waals surface area contributed by atoms with Crippen molar-refractivity contribution in [2.45, 2.75) is 64.3 Å². The molecule has 1 atom stereocenters. The summed E-state index contributed by atoms with van der Waals surface area (Å²) in [6.07, 6.45) is 6.41. The lowest BCUT2D eigenvalue weighted by atomic mass is 10.2.